The second-order valence-electron chi connectivity index (χ2n) is 9.51. The molecule has 17 heteroatoms. The molecule has 4 rings (SSSR count). The highest BCUT2D eigenvalue weighted by Gasteiger charge is 2.53. The van der Waals surface area contributed by atoms with Crippen molar-refractivity contribution in [1.82, 2.24) is 15.2 Å². The van der Waals surface area contributed by atoms with Crippen LogP contribution in [0.25, 0.3) is 0 Å². The van der Waals surface area contributed by atoms with E-state index in [1.807, 2.05) is 18.2 Å². The maximum atomic E-state index is 12.9. The van der Waals surface area contributed by atoms with Gasteiger partial charge in [-0.15, -0.1) is 0 Å². The average molecular weight is 593 g/mol. The maximum absolute atomic E-state index is 12.9. The molecule has 0 aromatic carbocycles. The van der Waals surface area contributed by atoms with Gasteiger partial charge in [0.15, 0.2) is 0 Å². The van der Waals surface area contributed by atoms with Crippen LogP contribution in [0.2, 0.25) is 0 Å². The van der Waals surface area contributed by atoms with Crippen LogP contribution in [0.3, 0.4) is 0 Å². The number of carboxylic acid groups (broad SMARTS) is 2. The molecule has 0 radical (unpaired) electrons. The van der Waals surface area contributed by atoms with Crippen LogP contribution in [0.4, 0.5) is 35.1 Å². The molecular weight excluding hydrogens is 566 g/mol. The summed E-state index contributed by atoms with van der Waals surface area (Å²) in [6, 6.07) is 5.93. The highest BCUT2D eigenvalue weighted by Crippen LogP contribution is 2.43. The predicted octanol–water partition coefficient (Wildman–Crippen LogP) is 3.49. The van der Waals surface area contributed by atoms with E-state index in [2.05, 4.69) is 15.2 Å². The zero-order valence-corrected chi connectivity index (χ0v) is 20.8. The number of carbonyl (C=O) groups excluding carboxylic acids is 1. The Kier molecular flexibility index (Phi) is 10.8. The van der Waals surface area contributed by atoms with Gasteiger partial charge < -0.3 is 20.3 Å². The number of hydrogen-bond acceptors (Lipinski definition) is 6. The number of hydrogen-bond donors (Lipinski definition) is 3. The lowest BCUT2D eigenvalue weighted by Crippen LogP contribution is -2.64. The van der Waals surface area contributed by atoms with E-state index < -0.39 is 36.1 Å². The molecule has 3 aliphatic rings. The van der Waals surface area contributed by atoms with Gasteiger partial charge in [0.05, 0.1) is 11.3 Å². The van der Waals surface area contributed by atoms with Gasteiger partial charge in [-0.05, 0) is 30.9 Å². The number of rotatable bonds is 6. The normalized spacial score (nSPS) is 21.6. The number of likely N-dealkylation sites (tertiary alicyclic amines) is 1. The summed E-state index contributed by atoms with van der Waals surface area (Å²) in [4.78, 5) is 36.4. The Morgan fingerprint density at radius 2 is 1.57 bits per heavy atom. The van der Waals surface area contributed by atoms with Crippen molar-refractivity contribution in [1.29, 1.82) is 0 Å². The van der Waals surface area contributed by atoms with Crippen LogP contribution >= 0.6 is 0 Å². The molecule has 40 heavy (non-hydrogen) atoms. The van der Waals surface area contributed by atoms with Gasteiger partial charge in [0, 0.05) is 57.7 Å². The third-order valence-corrected chi connectivity index (χ3v) is 6.43. The topological polar surface area (TPSA) is 129 Å². The molecular formula is C23H27F8N3O6. The van der Waals surface area contributed by atoms with Gasteiger partial charge >= 0.3 is 24.3 Å². The Morgan fingerprint density at radius 3 is 2.02 bits per heavy atom. The number of halogens is 8. The van der Waals surface area contributed by atoms with Crippen LogP contribution in [-0.4, -0.2) is 88.1 Å². The summed E-state index contributed by atoms with van der Waals surface area (Å²) in [5, 5.41) is 17.1. The summed E-state index contributed by atoms with van der Waals surface area (Å²) in [7, 11) is 0. The number of pyridine rings is 1. The second-order valence-corrected chi connectivity index (χ2v) is 9.51. The van der Waals surface area contributed by atoms with Crippen molar-refractivity contribution in [2.75, 3.05) is 26.2 Å². The van der Waals surface area contributed by atoms with Crippen LogP contribution in [0.5, 0.6) is 0 Å². The molecule has 0 bridgehead atoms. The van der Waals surface area contributed by atoms with E-state index in [1.54, 1.807) is 6.20 Å². The van der Waals surface area contributed by atoms with Crippen molar-refractivity contribution in [3.63, 3.8) is 0 Å². The van der Waals surface area contributed by atoms with E-state index in [-0.39, 0.29) is 24.3 Å². The SMILES string of the molecule is O=C(NCCC1CCOC12CN(Cc1ccccn1)C2)C1CC(F)(F)C1.O=C(O)C(F)(F)F.O=C(O)C(F)(F)F. The highest BCUT2D eigenvalue weighted by atomic mass is 19.4. The van der Waals surface area contributed by atoms with E-state index >= 15 is 0 Å². The van der Waals surface area contributed by atoms with Gasteiger partial charge in [-0.2, -0.15) is 26.3 Å². The number of carbonyl (C=O) groups is 3. The largest absolute Gasteiger partial charge is 0.490 e. The fraction of sp³-hybridized carbons (Fsp3) is 0.652. The Morgan fingerprint density at radius 1 is 1.02 bits per heavy atom. The summed E-state index contributed by atoms with van der Waals surface area (Å²) in [6.45, 7) is 3.89. The van der Waals surface area contributed by atoms with Crippen LogP contribution in [0.1, 0.15) is 31.4 Å². The highest BCUT2D eigenvalue weighted by molar-refractivity contribution is 5.79. The van der Waals surface area contributed by atoms with Crippen LogP contribution in [0, 0.1) is 11.8 Å². The number of carboxylic acids is 2. The first-order chi connectivity index (χ1) is 18.3. The third-order valence-electron chi connectivity index (χ3n) is 6.43. The number of ether oxygens (including phenoxy) is 1. The van der Waals surface area contributed by atoms with Gasteiger partial charge in [-0.25, -0.2) is 18.4 Å². The van der Waals surface area contributed by atoms with Gasteiger partial charge in [-0.3, -0.25) is 14.7 Å². The smallest absolute Gasteiger partial charge is 0.475 e. The van der Waals surface area contributed by atoms with Gasteiger partial charge in [0.1, 0.15) is 0 Å². The number of amides is 1. The van der Waals surface area contributed by atoms with Gasteiger partial charge in [0.2, 0.25) is 11.8 Å². The van der Waals surface area contributed by atoms with Gasteiger partial charge in [0.25, 0.3) is 0 Å². The molecule has 1 saturated carbocycles. The van der Waals surface area contributed by atoms with E-state index in [0.29, 0.717) is 12.5 Å². The third kappa shape index (κ3) is 9.83. The number of nitrogens with zero attached hydrogens (tertiary/aromatic N) is 2. The molecule has 1 atom stereocenters. The molecule has 3 heterocycles. The summed E-state index contributed by atoms with van der Waals surface area (Å²) in [5.41, 5.74) is 0.949. The minimum absolute atomic E-state index is 0.108. The Labute approximate surface area is 222 Å². The molecule has 3 N–H and O–H groups in total. The Balaban J connectivity index is 0.000000333. The number of nitrogens with one attached hydrogen (secondary N) is 1. The molecule has 1 unspecified atom stereocenters. The number of aromatic nitrogens is 1. The monoisotopic (exact) mass is 593 g/mol. The molecule has 226 valence electrons. The lowest BCUT2D eigenvalue weighted by atomic mass is 9.78. The molecule has 1 spiro atoms. The van der Waals surface area contributed by atoms with Gasteiger partial charge in [-0.1, -0.05) is 6.07 Å². The standard InChI is InChI=1S/C19H25F2N3O2.2C2HF3O2/c20-19(21)9-14(10-19)17(25)23-7-4-15-5-8-26-18(15)12-24(13-18)11-16-3-1-2-6-22-16;2*3-2(4,5)1(6)7/h1-3,6,14-15H,4-5,7-13H2,(H,23,25);2*(H,6,7). The molecule has 1 amide bonds. The van der Waals surface area contributed by atoms with Crippen molar-refractivity contribution in [3.05, 3.63) is 30.1 Å². The predicted molar refractivity (Wildman–Crippen MR) is 119 cm³/mol. The van der Waals surface area contributed by atoms with Crippen molar-refractivity contribution in [2.24, 2.45) is 11.8 Å². The van der Waals surface area contributed by atoms with Crippen molar-refractivity contribution < 1.29 is 64.5 Å². The lowest BCUT2D eigenvalue weighted by molar-refractivity contribution is -0.193. The van der Waals surface area contributed by atoms with Crippen LogP contribution in [-0.2, 0) is 25.7 Å². The quantitative estimate of drug-likeness (QED) is 0.428. The summed E-state index contributed by atoms with van der Waals surface area (Å²) < 4.78 is 95.2. The minimum atomic E-state index is -5.08. The zero-order chi connectivity index (χ0) is 30.4. The number of alkyl halides is 8. The Hall–Kier alpha value is -3.08. The molecule has 1 aliphatic carbocycles. The molecule has 2 aliphatic heterocycles. The van der Waals surface area contributed by atoms with Crippen molar-refractivity contribution in [2.45, 2.75) is 56.1 Å². The Bertz CT molecular complexity index is 984. The summed E-state index contributed by atoms with van der Waals surface area (Å²) >= 11 is 0. The first-order valence-corrected chi connectivity index (χ1v) is 11.9. The second kappa shape index (κ2) is 13.1. The lowest BCUT2D eigenvalue weighted by Gasteiger charge is -2.50. The van der Waals surface area contributed by atoms with Crippen LogP contribution in [0.15, 0.2) is 24.4 Å². The van der Waals surface area contributed by atoms with E-state index in [1.165, 1.54) is 0 Å². The zero-order valence-electron chi connectivity index (χ0n) is 20.8. The molecule has 1 aromatic rings. The maximum Gasteiger partial charge on any atom is 0.490 e. The van der Waals surface area contributed by atoms with E-state index in [0.717, 1.165) is 44.8 Å². The average Bonchev–Trinajstić information content (AvgIpc) is 3.21. The number of aliphatic carboxylic acids is 2. The van der Waals surface area contributed by atoms with Crippen LogP contribution < -0.4 is 5.32 Å². The summed E-state index contributed by atoms with van der Waals surface area (Å²) in [6.07, 6.45) is -7.14. The van der Waals surface area contributed by atoms with E-state index in [4.69, 9.17) is 24.5 Å². The summed E-state index contributed by atoms with van der Waals surface area (Å²) in [5.74, 6) is -8.50. The first-order valence-electron chi connectivity index (χ1n) is 11.9. The fourth-order valence-corrected chi connectivity index (χ4v) is 4.45. The first kappa shape index (κ1) is 33.1. The van der Waals surface area contributed by atoms with Crippen molar-refractivity contribution >= 4 is 17.8 Å². The molecule has 3 fully saturated rings. The van der Waals surface area contributed by atoms with E-state index in [9.17, 15) is 39.9 Å². The minimum Gasteiger partial charge on any atom is -0.475 e. The molecule has 2 saturated heterocycles. The fourth-order valence-electron chi connectivity index (χ4n) is 4.45. The molecule has 9 nitrogen and oxygen atoms in total. The van der Waals surface area contributed by atoms with Crippen molar-refractivity contribution in [3.8, 4) is 0 Å². The molecule has 1 aromatic heterocycles.